The van der Waals surface area contributed by atoms with Crippen molar-refractivity contribution in [2.75, 3.05) is 26.8 Å². The lowest BCUT2D eigenvalue weighted by Gasteiger charge is -2.24. The quantitative estimate of drug-likeness (QED) is 0.693. The van der Waals surface area contributed by atoms with Gasteiger partial charge in [-0.15, -0.1) is 11.3 Å². The average molecular weight is 283 g/mol. The Balaban J connectivity index is 2.28. The molecule has 0 aliphatic carbocycles. The smallest absolute Gasteiger partial charge is 0.0587 e. The van der Waals surface area contributed by atoms with Gasteiger partial charge in [0, 0.05) is 23.4 Å². The van der Waals surface area contributed by atoms with Crippen molar-refractivity contribution < 1.29 is 4.74 Å². The molecular weight excluding hydrogens is 254 g/mol. The van der Waals surface area contributed by atoms with Crippen LogP contribution in [0.1, 0.15) is 42.0 Å². The third-order valence-electron chi connectivity index (χ3n) is 3.68. The maximum Gasteiger partial charge on any atom is 0.0587 e. The minimum Gasteiger partial charge on any atom is -0.383 e. The van der Waals surface area contributed by atoms with Gasteiger partial charge in [0.05, 0.1) is 6.61 Å². The van der Waals surface area contributed by atoms with Crippen LogP contribution in [-0.4, -0.2) is 26.8 Å². The lowest BCUT2D eigenvalue weighted by molar-refractivity contribution is 0.197. The van der Waals surface area contributed by atoms with E-state index < -0.39 is 0 Å². The predicted octanol–water partition coefficient (Wildman–Crippen LogP) is 3.95. The number of ether oxygens (including phenoxy) is 1. The van der Waals surface area contributed by atoms with E-state index in [2.05, 4.69) is 39.1 Å². The summed E-state index contributed by atoms with van der Waals surface area (Å²) in [6, 6.07) is 2.35. The van der Waals surface area contributed by atoms with Gasteiger partial charge in [-0.05, 0) is 56.7 Å². The number of rotatable bonds is 9. The molecule has 19 heavy (non-hydrogen) atoms. The summed E-state index contributed by atoms with van der Waals surface area (Å²) in [4.78, 5) is 2.93. The summed E-state index contributed by atoms with van der Waals surface area (Å²) in [5, 5.41) is 3.43. The highest BCUT2D eigenvalue weighted by atomic mass is 32.1. The van der Waals surface area contributed by atoms with Crippen molar-refractivity contribution in [1.82, 2.24) is 5.32 Å². The lowest BCUT2D eigenvalue weighted by Crippen LogP contribution is -2.25. The first-order chi connectivity index (χ1) is 8.94. The monoisotopic (exact) mass is 283 g/mol. The van der Waals surface area contributed by atoms with E-state index >= 15 is 0 Å². The fourth-order valence-electron chi connectivity index (χ4n) is 2.26. The molecule has 0 aliphatic heterocycles. The Kier molecular flexibility index (Phi) is 7.05. The molecule has 0 unspecified atom stereocenters. The SMILES string of the molecule is COCCNCCC(C)(C)CCc1cc(C)sc1C. The van der Waals surface area contributed by atoms with Crippen LogP contribution in [0.4, 0.5) is 0 Å². The predicted molar refractivity (Wildman–Crippen MR) is 85.3 cm³/mol. The van der Waals surface area contributed by atoms with Crippen molar-refractivity contribution in [2.24, 2.45) is 5.41 Å². The summed E-state index contributed by atoms with van der Waals surface area (Å²) in [7, 11) is 1.75. The highest BCUT2D eigenvalue weighted by Crippen LogP contribution is 2.29. The van der Waals surface area contributed by atoms with Crippen molar-refractivity contribution in [2.45, 2.75) is 47.0 Å². The van der Waals surface area contributed by atoms with E-state index in [-0.39, 0.29) is 0 Å². The highest BCUT2D eigenvalue weighted by Gasteiger charge is 2.18. The molecule has 1 aromatic rings. The molecule has 0 spiro atoms. The van der Waals surface area contributed by atoms with Crippen LogP contribution in [-0.2, 0) is 11.2 Å². The summed E-state index contributed by atoms with van der Waals surface area (Å²) < 4.78 is 5.03. The summed E-state index contributed by atoms with van der Waals surface area (Å²) in [6.07, 6.45) is 3.69. The third-order valence-corrected chi connectivity index (χ3v) is 4.68. The van der Waals surface area contributed by atoms with Crippen LogP contribution in [0.5, 0.6) is 0 Å². The van der Waals surface area contributed by atoms with Crippen LogP contribution in [0.3, 0.4) is 0 Å². The molecule has 0 aromatic carbocycles. The molecule has 1 heterocycles. The van der Waals surface area contributed by atoms with Gasteiger partial charge in [0.1, 0.15) is 0 Å². The maximum absolute atomic E-state index is 5.03. The molecule has 0 saturated carbocycles. The second-order valence-corrected chi connectivity index (χ2v) is 7.56. The molecule has 0 bridgehead atoms. The Bertz CT molecular complexity index is 371. The van der Waals surface area contributed by atoms with Gasteiger partial charge in [-0.2, -0.15) is 0 Å². The molecule has 1 aromatic heterocycles. The number of nitrogens with one attached hydrogen (secondary N) is 1. The van der Waals surface area contributed by atoms with Crippen molar-refractivity contribution >= 4 is 11.3 Å². The highest BCUT2D eigenvalue weighted by molar-refractivity contribution is 7.12. The first-order valence-corrected chi connectivity index (χ1v) is 8.02. The Morgan fingerprint density at radius 2 is 1.95 bits per heavy atom. The van der Waals surface area contributed by atoms with E-state index in [4.69, 9.17) is 4.74 Å². The fraction of sp³-hybridized carbons (Fsp3) is 0.750. The standard InChI is InChI=1S/C16H29NOS/c1-13-12-15(14(2)19-13)6-7-16(3,4)8-9-17-10-11-18-5/h12,17H,6-11H2,1-5H3. The summed E-state index contributed by atoms with van der Waals surface area (Å²) in [5.74, 6) is 0. The van der Waals surface area contributed by atoms with Crippen molar-refractivity contribution in [3.05, 3.63) is 21.4 Å². The first kappa shape index (κ1) is 16.7. The molecule has 0 fully saturated rings. The second kappa shape index (κ2) is 8.03. The number of aryl methyl sites for hydroxylation is 3. The largest absolute Gasteiger partial charge is 0.383 e. The van der Waals surface area contributed by atoms with Crippen molar-refractivity contribution in [3.8, 4) is 0 Å². The van der Waals surface area contributed by atoms with Crippen LogP contribution in [0, 0.1) is 19.3 Å². The Hall–Kier alpha value is -0.380. The van der Waals surface area contributed by atoms with E-state index in [9.17, 15) is 0 Å². The molecule has 3 heteroatoms. The van der Waals surface area contributed by atoms with Gasteiger partial charge in [-0.1, -0.05) is 13.8 Å². The molecule has 1 N–H and O–H groups in total. The molecule has 0 amide bonds. The number of methoxy groups -OCH3 is 1. The summed E-state index contributed by atoms with van der Waals surface area (Å²) >= 11 is 1.92. The number of thiophene rings is 1. The number of hydrogen-bond donors (Lipinski definition) is 1. The third kappa shape index (κ3) is 6.55. The normalized spacial score (nSPS) is 12.1. The van der Waals surface area contributed by atoms with Gasteiger partial charge in [0.15, 0.2) is 0 Å². The zero-order valence-corrected chi connectivity index (χ0v) is 14.0. The van der Waals surface area contributed by atoms with Crippen molar-refractivity contribution in [3.63, 3.8) is 0 Å². The summed E-state index contributed by atoms with van der Waals surface area (Å²) in [6.45, 7) is 12.0. The second-order valence-electron chi connectivity index (χ2n) is 6.10. The van der Waals surface area contributed by atoms with Crippen LogP contribution < -0.4 is 5.32 Å². The fourth-order valence-corrected chi connectivity index (χ4v) is 3.23. The zero-order chi connectivity index (χ0) is 14.3. The zero-order valence-electron chi connectivity index (χ0n) is 13.1. The Labute approximate surface area is 122 Å². The first-order valence-electron chi connectivity index (χ1n) is 7.20. The molecule has 0 saturated heterocycles. The molecule has 2 nitrogen and oxygen atoms in total. The van der Waals surface area contributed by atoms with Gasteiger partial charge in [-0.25, -0.2) is 0 Å². The molecule has 1 rings (SSSR count). The van der Waals surface area contributed by atoms with Crippen LogP contribution in [0.2, 0.25) is 0 Å². The Morgan fingerprint density at radius 3 is 2.53 bits per heavy atom. The van der Waals surface area contributed by atoms with Crippen LogP contribution in [0.15, 0.2) is 6.07 Å². The molecule has 0 aliphatic rings. The van der Waals surface area contributed by atoms with E-state index in [1.165, 1.54) is 29.0 Å². The lowest BCUT2D eigenvalue weighted by atomic mass is 9.83. The minimum absolute atomic E-state index is 0.405. The van der Waals surface area contributed by atoms with Crippen LogP contribution in [0.25, 0.3) is 0 Å². The maximum atomic E-state index is 5.03. The molecule has 0 atom stereocenters. The summed E-state index contributed by atoms with van der Waals surface area (Å²) in [5.41, 5.74) is 1.95. The van der Waals surface area contributed by atoms with Gasteiger partial charge < -0.3 is 10.1 Å². The van der Waals surface area contributed by atoms with Gasteiger partial charge >= 0.3 is 0 Å². The van der Waals surface area contributed by atoms with Crippen LogP contribution >= 0.6 is 11.3 Å². The van der Waals surface area contributed by atoms with E-state index in [0.717, 1.165) is 19.7 Å². The molecular formula is C16H29NOS. The van der Waals surface area contributed by atoms with Gasteiger partial charge in [0.25, 0.3) is 0 Å². The number of hydrogen-bond acceptors (Lipinski definition) is 3. The average Bonchev–Trinajstić information content (AvgIpc) is 2.65. The van der Waals surface area contributed by atoms with E-state index in [1.807, 2.05) is 11.3 Å². The minimum atomic E-state index is 0.405. The van der Waals surface area contributed by atoms with Gasteiger partial charge in [-0.3, -0.25) is 0 Å². The molecule has 0 radical (unpaired) electrons. The van der Waals surface area contributed by atoms with E-state index in [0.29, 0.717) is 5.41 Å². The van der Waals surface area contributed by atoms with Gasteiger partial charge in [0.2, 0.25) is 0 Å². The van der Waals surface area contributed by atoms with Crippen molar-refractivity contribution in [1.29, 1.82) is 0 Å². The molecule has 110 valence electrons. The van der Waals surface area contributed by atoms with E-state index in [1.54, 1.807) is 12.7 Å². The topological polar surface area (TPSA) is 21.3 Å². The Morgan fingerprint density at radius 1 is 1.21 bits per heavy atom.